The second kappa shape index (κ2) is 13.5. The molecule has 0 aromatic heterocycles. The predicted molar refractivity (Wildman–Crippen MR) is 128 cm³/mol. The van der Waals surface area contributed by atoms with Crippen molar-refractivity contribution < 1.29 is 14.6 Å². The number of carbonyl (C=O) groups is 1. The third-order valence-electron chi connectivity index (χ3n) is 5.71. The first-order chi connectivity index (χ1) is 15.0. The van der Waals surface area contributed by atoms with Gasteiger partial charge in [0, 0.05) is 12.8 Å². The van der Waals surface area contributed by atoms with E-state index in [0.29, 0.717) is 24.8 Å². The highest BCUT2D eigenvalue weighted by molar-refractivity contribution is 5.94. The molecule has 1 N–H and O–H groups in total. The van der Waals surface area contributed by atoms with Crippen LogP contribution in [0.2, 0.25) is 0 Å². The van der Waals surface area contributed by atoms with Crippen molar-refractivity contribution in [2.45, 2.75) is 71.6 Å². The van der Waals surface area contributed by atoms with Crippen LogP contribution in [0.4, 0.5) is 0 Å². The molecule has 3 heteroatoms. The molecule has 31 heavy (non-hydrogen) atoms. The van der Waals surface area contributed by atoms with Crippen molar-refractivity contribution >= 4 is 5.97 Å². The number of aliphatic hydroxyl groups excluding tert-OH is 1. The van der Waals surface area contributed by atoms with E-state index in [2.05, 4.69) is 25.8 Å². The first-order valence-corrected chi connectivity index (χ1v) is 11.5. The van der Waals surface area contributed by atoms with E-state index in [9.17, 15) is 9.90 Å². The Hall–Kier alpha value is -2.73. The topological polar surface area (TPSA) is 46.5 Å². The van der Waals surface area contributed by atoms with Gasteiger partial charge in [0.15, 0.2) is 0 Å². The Kier molecular flexibility index (Phi) is 10.7. The van der Waals surface area contributed by atoms with Crippen molar-refractivity contribution in [1.82, 2.24) is 0 Å². The molecule has 0 bridgehead atoms. The number of aliphatic hydroxyl groups is 1. The number of ether oxygens (including phenoxy) is 1. The lowest BCUT2D eigenvalue weighted by atomic mass is 9.86. The normalized spacial score (nSPS) is 17.4. The first-order valence-electron chi connectivity index (χ1n) is 11.5. The van der Waals surface area contributed by atoms with E-state index < -0.39 is 5.97 Å². The zero-order valence-electron chi connectivity index (χ0n) is 19.0. The van der Waals surface area contributed by atoms with Crippen molar-refractivity contribution in [2.75, 3.05) is 6.61 Å². The third-order valence-corrected chi connectivity index (χ3v) is 5.71. The number of hydrogen-bond donors (Lipinski definition) is 1. The second-order valence-electron chi connectivity index (χ2n) is 8.36. The Labute approximate surface area is 187 Å². The Bertz CT molecular complexity index is 837. The molecule has 166 valence electrons. The fourth-order valence-corrected chi connectivity index (χ4v) is 4.07. The van der Waals surface area contributed by atoms with Crippen molar-refractivity contribution in [1.29, 1.82) is 0 Å². The summed E-state index contributed by atoms with van der Waals surface area (Å²) in [4.78, 5) is 13.1. The highest BCUT2D eigenvalue weighted by atomic mass is 16.5. The number of esters is 1. The molecular weight excluding hydrogens is 384 g/mol. The minimum Gasteiger partial charge on any atom is -0.511 e. The molecular formula is C28H36O3. The van der Waals surface area contributed by atoms with Gasteiger partial charge in [0.25, 0.3) is 0 Å². The van der Waals surface area contributed by atoms with Gasteiger partial charge < -0.3 is 9.84 Å². The molecule has 0 spiro atoms. The molecule has 0 saturated heterocycles. The average Bonchev–Trinajstić information content (AvgIpc) is 2.75. The standard InChI is InChI=1S/C28H36O3/c1-4-6-8-17-25(12-5-2)27(26(29)21-24-16-11-13-22(3)20-24)28(30)31-19-18-23-14-9-7-10-15-23/h2,7,9-10,12,14-15,20,24,29H,4,6,8,11,13,16-19,21H2,1,3H3/b25-12-,27-26-. The third kappa shape index (κ3) is 8.50. The molecule has 0 amide bonds. The number of rotatable bonds is 11. The highest BCUT2D eigenvalue weighted by Crippen LogP contribution is 2.30. The lowest BCUT2D eigenvalue weighted by molar-refractivity contribution is -0.138. The molecule has 1 aromatic carbocycles. The number of unbranched alkanes of at least 4 members (excludes halogenated alkanes) is 2. The van der Waals surface area contributed by atoms with Crippen LogP contribution in [0, 0.1) is 18.3 Å². The van der Waals surface area contributed by atoms with Gasteiger partial charge in [-0.2, -0.15) is 0 Å². The molecule has 0 radical (unpaired) electrons. The lowest BCUT2D eigenvalue weighted by Gasteiger charge is -2.21. The van der Waals surface area contributed by atoms with Gasteiger partial charge in [-0.25, -0.2) is 4.79 Å². The maximum atomic E-state index is 13.1. The summed E-state index contributed by atoms with van der Waals surface area (Å²) in [6, 6.07) is 9.91. The van der Waals surface area contributed by atoms with E-state index in [1.54, 1.807) is 6.08 Å². The smallest absolute Gasteiger partial charge is 0.341 e. The van der Waals surface area contributed by atoms with Gasteiger partial charge in [0.2, 0.25) is 0 Å². The fraction of sp³-hybridized carbons (Fsp3) is 0.464. The average molecular weight is 421 g/mol. The van der Waals surface area contributed by atoms with Gasteiger partial charge in [-0.05, 0) is 62.2 Å². The minimum atomic E-state index is -0.483. The summed E-state index contributed by atoms with van der Waals surface area (Å²) in [6.07, 6.45) is 17.4. The maximum Gasteiger partial charge on any atom is 0.341 e. The van der Waals surface area contributed by atoms with E-state index >= 15 is 0 Å². The Morgan fingerprint density at radius 2 is 2.06 bits per heavy atom. The Balaban J connectivity index is 2.20. The van der Waals surface area contributed by atoms with Crippen molar-refractivity contribution in [3.63, 3.8) is 0 Å². The van der Waals surface area contributed by atoms with Crippen LogP contribution >= 0.6 is 0 Å². The monoisotopic (exact) mass is 420 g/mol. The fourth-order valence-electron chi connectivity index (χ4n) is 4.07. The zero-order chi connectivity index (χ0) is 22.5. The van der Waals surface area contributed by atoms with E-state index in [0.717, 1.165) is 44.1 Å². The molecule has 0 aliphatic heterocycles. The predicted octanol–water partition coefficient (Wildman–Crippen LogP) is 6.86. The lowest BCUT2D eigenvalue weighted by Crippen LogP contribution is -2.16. The molecule has 1 unspecified atom stereocenters. The largest absolute Gasteiger partial charge is 0.511 e. The van der Waals surface area contributed by atoms with E-state index in [1.165, 1.54) is 5.57 Å². The SMILES string of the molecule is C#C/C=C(CCCCC)\C(C(=O)OCCc1ccccc1)=C(\O)CC1C=C(C)CCC1. The molecule has 0 fully saturated rings. The summed E-state index contributed by atoms with van der Waals surface area (Å²) in [5, 5.41) is 11.0. The van der Waals surface area contributed by atoms with Crippen molar-refractivity contribution in [2.24, 2.45) is 5.92 Å². The summed E-state index contributed by atoms with van der Waals surface area (Å²) in [7, 11) is 0. The van der Waals surface area contributed by atoms with Crippen LogP contribution in [0.5, 0.6) is 0 Å². The zero-order valence-corrected chi connectivity index (χ0v) is 19.0. The quantitative estimate of drug-likeness (QED) is 0.0809. The van der Waals surface area contributed by atoms with E-state index in [1.807, 2.05) is 30.3 Å². The van der Waals surface area contributed by atoms with Crippen LogP contribution in [0.25, 0.3) is 0 Å². The summed E-state index contributed by atoms with van der Waals surface area (Å²) in [6.45, 7) is 4.52. The van der Waals surface area contributed by atoms with Gasteiger partial charge in [0.05, 0.1) is 6.61 Å². The number of benzene rings is 1. The summed E-state index contributed by atoms with van der Waals surface area (Å²) in [5.41, 5.74) is 3.42. The number of terminal acetylenes is 1. The van der Waals surface area contributed by atoms with E-state index in [4.69, 9.17) is 11.2 Å². The second-order valence-corrected chi connectivity index (χ2v) is 8.36. The minimum absolute atomic E-state index is 0.0960. The summed E-state index contributed by atoms with van der Waals surface area (Å²) < 4.78 is 5.59. The van der Waals surface area contributed by atoms with E-state index in [-0.39, 0.29) is 23.9 Å². The summed E-state index contributed by atoms with van der Waals surface area (Å²) >= 11 is 0. The number of allylic oxidation sites excluding steroid dienone is 4. The van der Waals surface area contributed by atoms with Crippen molar-refractivity contribution in [3.8, 4) is 12.3 Å². The molecule has 0 saturated carbocycles. The molecule has 1 aromatic rings. The molecule has 3 nitrogen and oxygen atoms in total. The molecule has 2 rings (SSSR count). The van der Waals surface area contributed by atoms with Crippen LogP contribution in [0.1, 0.15) is 70.8 Å². The Morgan fingerprint density at radius 1 is 1.29 bits per heavy atom. The van der Waals surface area contributed by atoms with Gasteiger partial charge in [-0.3, -0.25) is 0 Å². The van der Waals surface area contributed by atoms with Gasteiger partial charge in [0.1, 0.15) is 11.3 Å². The van der Waals surface area contributed by atoms with Crippen LogP contribution in [-0.2, 0) is 16.0 Å². The highest BCUT2D eigenvalue weighted by Gasteiger charge is 2.24. The molecule has 1 aliphatic rings. The van der Waals surface area contributed by atoms with Gasteiger partial charge in [-0.1, -0.05) is 67.7 Å². The molecule has 1 atom stereocenters. The van der Waals surface area contributed by atoms with Crippen LogP contribution in [-0.4, -0.2) is 17.7 Å². The summed E-state index contributed by atoms with van der Waals surface area (Å²) in [5.74, 6) is 2.40. The molecule has 1 aliphatic carbocycles. The van der Waals surface area contributed by atoms with Crippen molar-refractivity contribution in [3.05, 3.63) is 70.5 Å². The molecule has 0 heterocycles. The maximum absolute atomic E-state index is 13.1. The van der Waals surface area contributed by atoms with Crippen LogP contribution in [0.15, 0.2) is 65.0 Å². The van der Waals surface area contributed by atoms with Gasteiger partial charge in [-0.15, -0.1) is 6.42 Å². The number of carbonyl (C=O) groups excluding carboxylic acids is 1. The van der Waals surface area contributed by atoms with Crippen LogP contribution < -0.4 is 0 Å². The Morgan fingerprint density at radius 3 is 2.74 bits per heavy atom. The van der Waals surface area contributed by atoms with Gasteiger partial charge >= 0.3 is 5.97 Å². The first kappa shape index (κ1) is 24.5. The number of hydrogen-bond acceptors (Lipinski definition) is 3. The van der Waals surface area contributed by atoms with Crippen LogP contribution in [0.3, 0.4) is 0 Å².